The maximum absolute atomic E-state index is 14.1. The van der Waals surface area contributed by atoms with Crippen LogP contribution in [0.2, 0.25) is 0 Å². The summed E-state index contributed by atoms with van der Waals surface area (Å²) in [6.07, 6.45) is 0.730. The number of carbonyl (C=O) groups excluding carboxylic acids is 3. The molecule has 0 radical (unpaired) electrons. The second kappa shape index (κ2) is 11.2. The third kappa shape index (κ3) is 5.57. The maximum atomic E-state index is 14.1. The van der Waals surface area contributed by atoms with Crippen molar-refractivity contribution in [2.45, 2.75) is 39.2 Å². The van der Waals surface area contributed by atoms with Crippen LogP contribution in [0.1, 0.15) is 59.4 Å². The van der Waals surface area contributed by atoms with Crippen molar-refractivity contribution in [2.75, 3.05) is 13.1 Å². The summed E-state index contributed by atoms with van der Waals surface area (Å²) < 4.78 is 0. The summed E-state index contributed by atoms with van der Waals surface area (Å²) in [7, 11) is 0. The van der Waals surface area contributed by atoms with Crippen molar-refractivity contribution in [3.8, 4) is 0 Å². The van der Waals surface area contributed by atoms with Gasteiger partial charge in [0.15, 0.2) is 11.6 Å². The van der Waals surface area contributed by atoms with Gasteiger partial charge in [-0.25, -0.2) is 0 Å². The first-order valence-electron chi connectivity index (χ1n) is 13.0. The molecule has 0 saturated carbocycles. The van der Waals surface area contributed by atoms with Crippen LogP contribution in [0.4, 0.5) is 0 Å². The predicted molar refractivity (Wildman–Crippen MR) is 146 cm³/mol. The van der Waals surface area contributed by atoms with Crippen molar-refractivity contribution < 1.29 is 14.4 Å². The number of Topliss-reactive ketones (excluding diaryl/α,β-unsaturated/α-hetero) is 2. The molecule has 3 aromatic carbocycles. The number of nitrogens with zero attached hydrogens (tertiary/aromatic N) is 1. The van der Waals surface area contributed by atoms with E-state index in [4.69, 9.17) is 5.73 Å². The number of primary amides is 1. The van der Waals surface area contributed by atoms with E-state index in [1.807, 2.05) is 117 Å². The Morgan fingerprint density at radius 1 is 0.784 bits per heavy atom. The Hall–Kier alpha value is -3.57. The second-order valence-electron chi connectivity index (χ2n) is 10.7. The van der Waals surface area contributed by atoms with Crippen molar-refractivity contribution in [1.82, 2.24) is 4.90 Å². The SMILES string of the molecule is CCC(C)(C)C(C(N)=O)N1CC(C(=O)c2ccccc2)C(c2ccccc2)C(C(=O)c2ccccc2)C1. The fourth-order valence-electron chi connectivity index (χ4n) is 5.82. The summed E-state index contributed by atoms with van der Waals surface area (Å²) in [6.45, 7) is 6.78. The molecule has 5 nitrogen and oxygen atoms in total. The van der Waals surface area contributed by atoms with E-state index < -0.39 is 29.2 Å². The molecule has 1 saturated heterocycles. The molecule has 5 heteroatoms. The summed E-state index contributed by atoms with van der Waals surface area (Å²) in [5, 5.41) is 0. The largest absolute Gasteiger partial charge is 0.368 e. The lowest BCUT2D eigenvalue weighted by atomic mass is 9.67. The van der Waals surface area contributed by atoms with Gasteiger partial charge in [0, 0.05) is 42.0 Å². The zero-order valence-electron chi connectivity index (χ0n) is 21.8. The molecule has 3 aromatic rings. The lowest BCUT2D eigenvalue weighted by molar-refractivity contribution is -0.129. The van der Waals surface area contributed by atoms with E-state index >= 15 is 0 Å². The molecule has 0 spiro atoms. The molecule has 192 valence electrons. The van der Waals surface area contributed by atoms with Crippen LogP contribution in [-0.4, -0.2) is 41.5 Å². The number of piperidine rings is 1. The van der Waals surface area contributed by atoms with Gasteiger partial charge in [0.05, 0.1) is 6.04 Å². The quantitative estimate of drug-likeness (QED) is 0.404. The van der Waals surface area contributed by atoms with E-state index in [2.05, 4.69) is 0 Å². The molecular weight excluding hydrogens is 460 g/mol. The van der Waals surface area contributed by atoms with Gasteiger partial charge in [0.2, 0.25) is 5.91 Å². The van der Waals surface area contributed by atoms with Crippen molar-refractivity contribution in [3.63, 3.8) is 0 Å². The highest BCUT2D eigenvalue weighted by Crippen LogP contribution is 2.43. The Kier molecular flexibility index (Phi) is 8.03. The minimum absolute atomic E-state index is 0.0254. The number of hydrogen-bond acceptors (Lipinski definition) is 4. The van der Waals surface area contributed by atoms with E-state index in [9.17, 15) is 14.4 Å². The first kappa shape index (κ1) is 26.5. The maximum Gasteiger partial charge on any atom is 0.235 e. The van der Waals surface area contributed by atoms with E-state index in [0.29, 0.717) is 24.2 Å². The van der Waals surface area contributed by atoms with Crippen LogP contribution in [0.5, 0.6) is 0 Å². The van der Waals surface area contributed by atoms with Crippen LogP contribution in [-0.2, 0) is 4.79 Å². The average molecular weight is 497 g/mol. The molecule has 1 amide bonds. The van der Waals surface area contributed by atoms with Gasteiger partial charge in [-0.1, -0.05) is 112 Å². The first-order chi connectivity index (χ1) is 17.7. The summed E-state index contributed by atoms with van der Waals surface area (Å²) in [4.78, 5) is 43.0. The second-order valence-corrected chi connectivity index (χ2v) is 10.7. The number of nitrogens with two attached hydrogens (primary N) is 1. The fourth-order valence-corrected chi connectivity index (χ4v) is 5.82. The molecule has 0 aliphatic carbocycles. The summed E-state index contributed by atoms with van der Waals surface area (Å²) in [5.41, 5.74) is 7.73. The number of carbonyl (C=O) groups is 3. The van der Waals surface area contributed by atoms with Gasteiger partial charge in [-0.3, -0.25) is 19.3 Å². The fraction of sp³-hybridized carbons (Fsp3) is 0.344. The standard InChI is InChI=1S/C32H36N2O3/c1-4-32(2,3)30(31(33)37)34-20-25(28(35)23-16-10-6-11-17-23)27(22-14-8-5-9-15-22)26(21-34)29(36)24-18-12-7-13-19-24/h5-19,25-27,30H,4,20-21H2,1-3H3,(H2,33,37). The molecule has 1 fully saturated rings. The van der Waals surface area contributed by atoms with Gasteiger partial charge in [-0.2, -0.15) is 0 Å². The Morgan fingerprint density at radius 3 is 1.57 bits per heavy atom. The Labute approximate surface area is 219 Å². The highest BCUT2D eigenvalue weighted by molar-refractivity contribution is 6.02. The van der Waals surface area contributed by atoms with E-state index in [0.717, 1.165) is 12.0 Å². The molecule has 1 aliphatic heterocycles. The zero-order valence-corrected chi connectivity index (χ0v) is 21.8. The van der Waals surface area contributed by atoms with Gasteiger partial charge in [-0.05, 0) is 17.4 Å². The normalized spacial score (nSPS) is 21.2. The van der Waals surface area contributed by atoms with Crippen LogP contribution >= 0.6 is 0 Å². The topological polar surface area (TPSA) is 80.5 Å². The van der Waals surface area contributed by atoms with Crippen LogP contribution in [0, 0.1) is 17.3 Å². The Morgan fingerprint density at radius 2 is 1.19 bits per heavy atom. The summed E-state index contributed by atoms with van der Waals surface area (Å²) in [5.74, 6) is -1.86. The number of rotatable bonds is 9. The zero-order chi connectivity index (χ0) is 26.6. The molecule has 3 unspecified atom stereocenters. The molecule has 4 rings (SSSR count). The molecule has 1 aliphatic rings. The van der Waals surface area contributed by atoms with Crippen LogP contribution < -0.4 is 5.73 Å². The number of ketones is 2. The van der Waals surface area contributed by atoms with Crippen molar-refractivity contribution in [1.29, 1.82) is 0 Å². The Balaban J connectivity index is 1.87. The molecule has 0 bridgehead atoms. The molecular formula is C32H36N2O3. The van der Waals surface area contributed by atoms with Crippen LogP contribution in [0.25, 0.3) is 0 Å². The molecule has 2 N–H and O–H groups in total. The minimum atomic E-state index is -0.605. The van der Waals surface area contributed by atoms with Crippen molar-refractivity contribution >= 4 is 17.5 Å². The molecule has 0 aromatic heterocycles. The van der Waals surface area contributed by atoms with E-state index in [-0.39, 0.29) is 17.5 Å². The monoisotopic (exact) mass is 496 g/mol. The highest BCUT2D eigenvalue weighted by atomic mass is 16.2. The number of likely N-dealkylation sites (tertiary alicyclic amines) is 1. The molecule has 37 heavy (non-hydrogen) atoms. The van der Waals surface area contributed by atoms with Crippen LogP contribution in [0.15, 0.2) is 91.0 Å². The summed E-state index contributed by atoms with van der Waals surface area (Å²) in [6, 6.07) is 27.7. The first-order valence-corrected chi connectivity index (χ1v) is 13.0. The van der Waals surface area contributed by atoms with E-state index in [1.54, 1.807) is 0 Å². The van der Waals surface area contributed by atoms with Crippen molar-refractivity contribution in [2.24, 2.45) is 23.0 Å². The predicted octanol–water partition coefficient (Wildman–Crippen LogP) is 5.37. The van der Waals surface area contributed by atoms with Gasteiger partial charge >= 0.3 is 0 Å². The van der Waals surface area contributed by atoms with Gasteiger partial charge in [0.25, 0.3) is 0 Å². The van der Waals surface area contributed by atoms with E-state index in [1.165, 1.54) is 0 Å². The van der Waals surface area contributed by atoms with Crippen molar-refractivity contribution in [3.05, 3.63) is 108 Å². The smallest absolute Gasteiger partial charge is 0.235 e. The average Bonchev–Trinajstić information content (AvgIpc) is 2.93. The minimum Gasteiger partial charge on any atom is -0.368 e. The lowest BCUT2D eigenvalue weighted by Crippen LogP contribution is -2.60. The lowest BCUT2D eigenvalue weighted by Gasteiger charge is -2.48. The van der Waals surface area contributed by atoms with Crippen LogP contribution in [0.3, 0.4) is 0 Å². The third-order valence-corrected chi connectivity index (χ3v) is 7.99. The number of amides is 1. The molecule has 1 heterocycles. The Bertz CT molecular complexity index is 1160. The molecule has 3 atom stereocenters. The summed E-state index contributed by atoms with van der Waals surface area (Å²) >= 11 is 0. The highest BCUT2D eigenvalue weighted by Gasteiger charge is 2.49. The van der Waals surface area contributed by atoms with Gasteiger partial charge in [-0.15, -0.1) is 0 Å². The van der Waals surface area contributed by atoms with Gasteiger partial charge < -0.3 is 5.73 Å². The van der Waals surface area contributed by atoms with Gasteiger partial charge in [0.1, 0.15) is 0 Å². The third-order valence-electron chi connectivity index (χ3n) is 7.99. The number of hydrogen-bond donors (Lipinski definition) is 1. The number of benzene rings is 3.